The van der Waals surface area contributed by atoms with Crippen LogP contribution < -0.4 is 10.6 Å². The topological polar surface area (TPSA) is 90.0 Å². The highest BCUT2D eigenvalue weighted by Crippen LogP contribution is 2.29. The van der Waals surface area contributed by atoms with Crippen LogP contribution >= 0.6 is 0 Å². The first-order chi connectivity index (χ1) is 11.0. The van der Waals surface area contributed by atoms with Crippen LogP contribution in [0.4, 0.5) is 4.79 Å². The lowest BCUT2D eigenvalue weighted by Gasteiger charge is -2.26. The fraction of sp³-hybridized carbons (Fsp3) is 0.412. The van der Waals surface area contributed by atoms with Gasteiger partial charge in [-0.2, -0.15) is 5.10 Å². The minimum absolute atomic E-state index is 0.191. The number of urea groups is 1. The molecule has 0 spiro atoms. The molecule has 1 heterocycles. The molecule has 6 nitrogen and oxygen atoms in total. The van der Waals surface area contributed by atoms with Gasteiger partial charge in [0.05, 0.1) is 29.6 Å². The third-order valence-electron chi connectivity index (χ3n) is 4.37. The van der Waals surface area contributed by atoms with Crippen molar-refractivity contribution in [1.82, 2.24) is 20.8 Å². The van der Waals surface area contributed by atoms with E-state index in [4.69, 9.17) is 0 Å². The second-order valence-corrected chi connectivity index (χ2v) is 6.27. The molecule has 2 atom stereocenters. The van der Waals surface area contributed by atoms with E-state index in [1.54, 1.807) is 6.92 Å². The third kappa shape index (κ3) is 3.71. The number of hydrogen-bond donors (Lipinski definition) is 4. The highest BCUT2D eigenvalue weighted by molar-refractivity contribution is 5.74. The summed E-state index contributed by atoms with van der Waals surface area (Å²) < 4.78 is 0. The number of H-pyrrole nitrogens is 1. The van der Waals surface area contributed by atoms with Crippen molar-refractivity contribution >= 4 is 6.03 Å². The number of carbonyl (C=O) groups excluding carboxylic acids is 1. The van der Waals surface area contributed by atoms with Crippen molar-refractivity contribution < 1.29 is 9.90 Å². The van der Waals surface area contributed by atoms with Crippen LogP contribution in [0.1, 0.15) is 31.9 Å². The molecular formula is C17H22N4O2. The van der Waals surface area contributed by atoms with Crippen molar-refractivity contribution in [2.75, 3.05) is 0 Å². The number of rotatable bonds is 4. The Morgan fingerprint density at radius 2 is 2.22 bits per heavy atom. The molecule has 1 saturated carbocycles. The summed E-state index contributed by atoms with van der Waals surface area (Å²) in [5, 5.41) is 23.0. The lowest BCUT2D eigenvalue weighted by molar-refractivity contribution is 0.0425. The molecule has 0 aliphatic heterocycles. The van der Waals surface area contributed by atoms with Crippen LogP contribution in [-0.4, -0.2) is 33.0 Å². The van der Waals surface area contributed by atoms with Crippen LogP contribution in [0.3, 0.4) is 0 Å². The molecule has 1 aliphatic rings. The summed E-state index contributed by atoms with van der Waals surface area (Å²) in [6.45, 7) is 2.13. The van der Waals surface area contributed by atoms with Crippen LogP contribution in [0.15, 0.2) is 36.4 Å². The maximum absolute atomic E-state index is 12.0. The first-order valence-electron chi connectivity index (χ1n) is 7.91. The van der Waals surface area contributed by atoms with Crippen LogP contribution in [0, 0.1) is 0 Å². The third-order valence-corrected chi connectivity index (χ3v) is 4.37. The monoisotopic (exact) mass is 314 g/mol. The molecule has 2 unspecified atom stereocenters. The molecule has 0 radical (unpaired) electrons. The standard InChI is InChI=1S/C17H22N4O2/c1-17(23)9-5-8-15(17)19-16(22)18-11-13-10-14(21-20-13)12-6-3-2-4-7-12/h2-4,6-7,10,15,23H,5,8-9,11H2,1H3,(H,20,21)(H2,18,19,22). The number of nitrogens with zero attached hydrogens (tertiary/aromatic N) is 1. The van der Waals surface area contributed by atoms with Crippen LogP contribution in [0.5, 0.6) is 0 Å². The zero-order valence-corrected chi connectivity index (χ0v) is 13.2. The largest absolute Gasteiger partial charge is 0.388 e. The van der Waals surface area contributed by atoms with Crippen molar-refractivity contribution in [1.29, 1.82) is 0 Å². The number of carbonyl (C=O) groups is 1. The molecular weight excluding hydrogens is 292 g/mol. The van der Waals surface area contributed by atoms with E-state index in [1.807, 2.05) is 36.4 Å². The van der Waals surface area contributed by atoms with Gasteiger partial charge in [0.25, 0.3) is 0 Å². The Morgan fingerprint density at radius 1 is 1.43 bits per heavy atom. The number of hydrogen-bond acceptors (Lipinski definition) is 3. The lowest BCUT2D eigenvalue weighted by atomic mass is 10.0. The van der Waals surface area contributed by atoms with Gasteiger partial charge in [-0.05, 0) is 32.3 Å². The Bertz CT molecular complexity index is 666. The van der Waals surface area contributed by atoms with Gasteiger partial charge in [0.2, 0.25) is 0 Å². The molecule has 122 valence electrons. The predicted octanol–water partition coefficient (Wildman–Crippen LogP) is 2.18. The summed E-state index contributed by atoms with van der Waals surface area (Å²) in [6.07, 6.45) is 2.46. The molecule has 3 rings (SSSR count). The molecule has 4 N–H and O–H groups in total. The van der Waals surface area contributed by atoms with Gasteiger partial charge in [-0.15, -0.1) is 0 Å². The van der Waals surface area contributed by atoms with E-state index >= 15 is 0 Å². The van der Waals surface area contributed by atoms with E-state index in [0.29, 0.717) is 6.54 Å². The molecule has 1 aromatic carbocycles. The van der Waals surface area contributed by atoms with Crippen molar-refractivity contribution in [3.8, 4) is 11.3 Å². The van der Waals surface area contributed by atoms with Gasteiger partial charge in [-0.3, -0.25) is 5.10 Å². The van der Waals surface area contributed by atoms with Gasteiger partial charge >= 0.3 is 6.03 Å². The zero-order valence-electron chi connectivity index (χ0n) is 13.2. The van der Waals surface area contributed by atoms with Gasteiger partial charge in [-0.1, -0.05) is 30.3 Å². The minimum atomic E-state index is -0.814. The van der Waals surface area contributed by atoms with Gasteiger partial charge in [0.1, 0.15) is 0 Å². The Labute approximate surface area is 135 Å². The molecule has 23 heavy (non-hydrogen) atoms. The summed E-state index contributed by atoms with van der Waals surface area (Å²) in [6, 6.07) is 11.3. The molecule has 0 bridgehead atoms. The summed E-state index contributed by atoms with van der Waals surface area (Å²) >= 11 is 0. The fourth-order valence-corrected chi connectivity index (χ4v) is 2.97. The van der Waals surface area contributed by atoms with Crippen molar-refractivity contribution in [2.24, 2.45) is 0 Å². The summed E-state index contributed by atoms with van der Waals surface area (Å²) in [7, 11) is 0. The highest BCUT2D eigenvalue weighted by Gasteiger charge is 2.37. The Balaban J connectivity index is 1.53. The average Bonchev–Trinajstić information content (AvgIpc) is 3.13. The Hall–Kier alpha value is -2.34. The minimum Gasteiger partial charge on any atom is -0.388 e. The number of nitrogens with one attached hydrogen (secondary N) is 3. The summed E-state index contributed by atoms with van der Waals surface area (Å²) in [5.74, 6) is 0. The molecule has 2 amide bonds. The second-order valence-electron chi connectivity index (χ2n) is 6.27. The number of amides is 2. The zero-order chi connectivity index (χ0) is 16.3. The molecule has 1 fully saturated rings. The van der Waals surface area contributed by atoms with E-state index in [1.165, 1.54) is 0 Å². The van der Waals surface area contributed by atoms with E-state index in [2.05, 4.69) is 20.8 Å². The van der Waals surface area contributed by atoms with Gasteiger partial charge in [0.15, 0.2) is 0 Å². The van der Waals surface area contributed by atoms with Crippen molar-refractivity contribution in [3.05, 3.63) is 42.1 Å². The summed E-state index contributed by atoms with van der Waals surface area (Å²) in [4.78, 5) is 12.0. The molecule has 6 heteroatoms. The Kier molecular flexibility index (Phi) is 4.34. The van der Waals surface area contributed by atoms with Gasteiger partial charge in [-0.25, -0.2) is 4.79 Å². The van der Waals surface area contributed by atoms with Gasteiger partial charge < -0.3 is 15.7 Å². The molecule has 1 aromatic heterocycles. The maximum atomic E-state index is 12.0. The molecule has 2 aromatic rings. The number of aromatic nitrogens is 2. The van der Waals surface area contributed by atoms with E-state index in [0.717, 1.165) is 36.2 Å². The molecule has 1 aliphatic carbocycles. The van der Waals surface area contributed by atoms with Crippen molar-refractivity contribution in [2.45, 2.75) is 44.4 Å². The SMILES string of the molecule is CC1(O)CCCC1NC(=O)NCc1cc(-c2ccccc2)n[nH]1. The smallest absolute Gasteiger partial charge is 0.315 e. The second kappa shape index (κ2) is 6.42. The number of aliphatic hydroxyl groups is 1. The van der Waals surface area contributed by atoms with Crippen LogP contribution in [0.25, 0.3) is 11.3 Å². The molecule has 0 saturated heterocycles. The van der Waals surface area contributed by atoms with E-state index in [-0.39, 0.29) is 12.1 Å². The number of aromatic amines is 1. The van der Waals surface area contributed by atoms with Crippen LogP contribution in [-0.2, 0) is 6.54 Å². The lowest BCUT2D eigenvalue weighted by Crippen LogP contribution is -2.50. The van der Waals surface area contributed by atoms with E-state index in [9.17, 15) is 9.90 Å². The fourth-order valence-electron chi connectivity index (χ4n) is 2.97. The quantitative estimate of drug-likeness (QED) is 0.697. The normalized spacial score (nSPS) is 23.7. The van der Waals surface area contributed by atoms with Crippen molar-refractivity contribution in [3.63, 3.8) is 0 Å². The average molecular weight is 314 g/mol. The predicted molar refractivity (Wildman–Crippen MR) is 87.7 cm³/mol. The first kappa shape index (κ1) is 15.6. The Morgan fingerprint density at radius 3 is 2.91 bits per heavy atom. The van der Waals surface area contributed by atoms with E-state index < -0.39 is 5.60 Å². The summed E-state index contributed by atoms with van der Waals surface area (Å²) in [5.41, 5.74) is 1.89. The van der Waals surface area contributed by atoms with Crippen LogP contribution in [0.2, 0.25) is 0 Å². The first-order valence-corrected chi connectivity index (χ1v) is 7.91. The highest BCUT2D eigenvalue weighted by atomic mass is 16.3. The maximum Gasteiger partial charge on any atom is 0.315 e. The number of benzene rings is 1. The van der Waals surface area contributed by atoms with Gasteiger partial charge in [0, 0.05) is 5.56 Å².